The minimum Gasteiger partial charge on any atom is -0.489 e. The Labute approximate surface area is 155 Å². The lowest BCUT2D eigenvalue weighted by Gasteiger charge is -2.25. The number of rotatable bonds is 4. The number of amidine groups is 1. The third-order valence-corrected chi connectivity index (χ3v) is 6.16. The number of halogens is 1. The smallest absolute Gasteiger partial charge is 0.257 e. The predicted molar refractivity (Wildman–Crippen MR) is 101 cm³/mol. The van der Waals surface area contributed by atoms with E-state index in [0.29, 0.717) is 17.5 Å². The Hall–Kier alpha value is -2.32. The van der Waals surface area contributed by atoms with Crippen LogP contribution in [0.15, 0.2) is 58.3 Å². The highest BCUT2D eigenvalue weighted by Crippen LogP contribution is 2.35. The van der Waals surface area contributed by atoms with Crippen LogP contribution in [0.25, 0.3) is 5.70 Å². The molecule has 0 unspecified atom stereocenters. The maximum atomic E-state index is 13.2. The van der Waals surface area contributed by atoms with Crippen LogP contribution in [0.3, 0.4) is 0 Å². The summed E-state index contributed by atoms with van der Waals surface area (Å²) in [6, 6.07) is 13.8. The van der Waals surface area contributed by atoms with Gasteiger partial charge in [0.25, 0.3) is 10.0 Å². The minimum absolute atomic E-state index is 0.0171. The Balaban J connectivity index is 1.45. The summed E-state index contributed by atoms with van der Waals surface area (Å²) in [6.07, 6.45) is 0. The highest BCUT2D eigenvalue weighted by molar-refractivity contribution is 8.17. The van der Waals surface area contributed by atoms with Gasteiger partial charge in [-0.1, -0.05) is 23.9 Å². The third kappa shape index (κ3) is 3.61. The summed E-state index contributed by atoms with van der Waals surface area (Å²) in [5, 5.41) is 2.40. The first-order chi connectivity index (χ1) is 12.5. The molecular formula is C18H15FN2O3S2. The van der Waals surface area contributed by atoms with Crippen LogP contribution in [0.5, 0.6) is 5.75 Å². The molecule has 0 spiro atoms. The Kier molecular flexibility index (Phi) is 4.46. The monoisotopic (exact) mass is 390 g/mol. The van der Waals surface area contributed by atoms with Gasteiger partial charge < -0.3 is 9.64 Å². The number of hydrogen-bond acceptors (Lipinski definition) is 5. The van der Waals surface area contributed by atoms with E-state index in [1.165, 1.54) is 23.9 Å². The largest absolute Gasteiger partial charge is 0.489 e. The van der Waals surface area contributed by atoms with E-state index in [4.69, 9.17) is 4.74 Å². The van der Waals surface area contributed by atoms with Crippen LogP contribution in [-0.2, 0) is 16.6 Å². The minimum atomic E-state index is -3.34. The second kappa shape index (κ2) is 6.77. The highest BCUT2D eigenvalue weighted by atomic mass is 32.2. The lowest BCUT2D eigenvalue weighted by atomic mass is 10.1. The first-order valence-electron chi connectivity index (χ1n) is 7.95. The zero-order valence-corrected chi connectivity index (χ0v) is 15.3. The summed E-state index contributed by atoms with van der Waals surface area (Å²) in [4.78, 5) is 1.91. The molecule has 0 N–H and O–H groups in total. The molecule has 0 fully saturated rings. The molecule has 8 heteroatoms. The van der Waals surface area contributed by atoms with Crippen LogP contribution >= 0.6 is 11.8 Å². The van der Waals surface area contributed by atoms with E-state index in [0.717, 1.165) is 16.8 Å². The molecule has 0 aliphatic carbocycles. The van der Waals surface area contributed by atoms with E-state index in [1.54, 1.807) is 6.07 Å². The van der Waals surface area contributed by atoms with Crippen molar-refractivity contribution in [3.63, 3.8) is 0 Å². The van der Waals surface area contributed by atoms with Gasteiger partial charge in [-0.3, -0.25) is 0 Å². The molecule has 2 aliphatic rings. The van der Waals surface area contributed by atoms with Crippen molar-refractivity contribution < 1.29 is 17.5 Å². The molecule has 0 saturated carbocycles. The van der Waals surface area contributed by atoms with Gasteiger partial charge in [0.1, 0.15) is 18.2 Å². The van der Waals surface area contributed by atoms with E-state index in [-0.39, 0.29) is 18.2 Å². The number of hydrogen-bond donors (Lipinski definition) is 0. The Morgan fingerprint density at radius 1 is 1.19 bits per heavy atom. The molecule has 26 heavy (non-hydrogen) atoms. The van der Waals surface area contributed by atoms with Crippen LogP contribution in [0.4, 0.5) is 4.39 Å². The van der Waals surface area contributed by atoms with Gasteiger partial charge in [-0.05, 0) is 47.5 Å². The molecule has 0 amide bonds. The van der Waals surface area contributed by atoms with Crippen LogP contribution in [0.1, 0.15) is 11.1 Å². The van der Waals surface area contributed by atoms with Crippen LogP contribution < -0.4 is 4.74 Å². The summed E-state index contributed by atoms with van der Waals surface area (Å²) >= 11 is 1.31. The van der Waals surface area contributed by atoms with Crippen molar-refractivity contribution in [3.8, 4) is 5.75 Å². The Morgan fingerprint density at radius 2 is 2.00 bits per heavy atom. The summed E-state index contributed by atoms with van der Waals surface area (Å²) in [5.74, 6) is 0.413. The average molecular weight is 390 g/mol. The van der Waals surface area contributed by atoms with Gasteiger partial charge in [0, 0.05) is 12.0 Å². The molecule has 0 bridgehead atoms. The summed E-state index contributed by atoms with van der Waals surface area (Å²) in [7, 11) is -3.34. The third-order valence-electron chi connectivity index (χ3n) is 4.03. The fourth-order valence-corrected chi connectivity index (χ4v) is 4.89. The van der Waals surface area contributed by atoms with Crippen LogP contribution in [0.2, 0.25) is 0 Å². The Bertz CT molecular complexity index is 1000. The molecule has 134 valence electrons. The zero-order chi connectivity index (χ0) is 18.1. The zero-order valence-electron chi connectivity index (χ0n) is 13.6. The number of fused-ring (bicyclic) bond motifs is 1. The number of sulfonamides is 1. The van der Waals surface area contributed by atoms with Crippen molar-refractivity contribution in [1.29, 1.82) is 0 Å². The molecular weight excluding hydrogens is 375 g/mol. The summed E-state index contributed by atoms with van der Waals surface area (Å²) in [6.45, 7) is 0.689. The van der Waals surface area contributed by atoms with Gasteiger partial charge >= 0.3 is 0 Å². The molecule has 2 heterocycles. The Morgan fingerprint density at radius 3 is 2.77 bits per heavy atom. The number of thioether (sulfide) groups is 1. The SMILES string of the molecule is O=S1(=O)CCN2C(c3ccc(OCc4cccc(F)c4)cc3)=CSC2=N1. The van der Waals surface area contributed by atoms with Crippen molar-refractivity contribution in [3.05, 3.63) is 70.9 Å². The normalized spacial score (nSPS) is 18.1. The molecule has 0 saturated heterocycles. The maximum absolute atomic E-state index is 13.2. The first kappa shape index (κ1) is 17.1. The summed E-state index contributed by atoms with van der Waals surface area (Å²) < 4.78 is 45.9. The highest BCUT2D eigenvalue weighted by Gasteiger charge is 2.31. The molecule has 0 aromatic heterocycles. The summed E-state index contributed by atoms with van der Waals surface area (Å²) in [5.41, 5.74) is 2.65. The van der Waals surface area contributed by atoms with Gasteiger partial charge in [-0.2, -0.15) is 0 Å². The van der Waals surface area contributed by atoms with E-state index in [9.17, 15) is 12.8 Å². The number of nitrogens with zero attached hydrogens (tertiary/aromatic N) is 2. The van der Waals surface area contributed by atoms with Gasteiger partial charge in [0.2, 0.25) is 0 Å². The van der Waals surface area contributed by atoms with E-state index in [1.807, 2.05) is 40.6 Å². The van der Waals surface area contributed by atoms with Crippen molar-refractivity contribution in [2.45, 2.75) is 6.61 Å². The van der Waals surface area contributed by atoms with Gasteiger partial charge in [0.15, 0.2) is 5.17 Å². The molecule has 0 atom stereocenters. The second-order valence-electron chi connectivity index (χ2n) is 5.88. The topological polar surface area (TPSA) is 59.0 Å². The predicted octanol–water partition coefficient (Wildman–Crippen LogP) is 3.45. The van der Waals surface area contributed by atoms with Crippen LogP contribution in [0, 0.1) is 5.82 Å². The van der Waals surface area contributed by atoms with Crippen molar-refractivity contribution in [1.82, 2.24) is 4.90 Å². The van der Waals surface area contributed by atoms with Crippen LogP contribution in [-0.4, -0.2) is 30.8 Å². The van der Waals surface area contributed by atoms with Crippen molar-refractivity contribution in [2.24, 2.45) is 4.40 Å². The molecule has 0 radical (unpaired) electrons. The van der Waals surface area contributed by atoms with Gasteiger partial charge in [0.05, 0.1) is 11.4 Å². The lowest BCUT2D eigenvalue weighted by Crippen LogP contribution is -2.34. The molecule has 5 nitrogen and oxygen atoms in total. The fourth-order valence-electron chi connectivity index (χ4n) is 2.74. The quantitative estimate of drug-likeness (QED) is 0.800. The second-order valence-corrected chi connectivity index (χ2v) is 8.47. The lowest BCUT2D eigenvalue weighted by molar-refractivity contribution is 0.305. The van der Waals surface area contributed by atoms with E-state index in [2.05, 4.69) is 4.40 Å². The average Bonchev–Trinajstić information content (AvgIpc) is 3.02. The van der Waals surface area contributed by atoms with Gasteiger partial charge in [-0.15, -0.1) is 4.40 Å². The molecule has 2 aromatic rings. The fraction of sp³-hybridized carbons (Fsp3) is 0.167. The molecule has 4 rings (SSSR count). The molecule has 2 aliphatic heterocycles. The molecule has 2 aromatic carbocycles. The van der Waals surface area contributed by atoms with Gasteiger partial charge in [-0.25, -0.2) is 12.8 Å². The standard InChI is InChI=1S/C18H15FN2O3S2/c19-15-3-1-2-13(10-15)11-24-16-6-4-14(5-7-16)17-12-25-18-20-26(22,23)9-8-21(17)18/h1-7,10,12H,8-9,11H2. The maximum Gasteiger partial charge on any atom is 0.257 e. The number of ether oxygens (including phenoxy) is 1. The van der Waals surface area contributed by atoms with E-state index < -0.39 is 10.0 Å². The van der Waals surface area contributed by atoms with E-state index >= 15 is 0 Å². The number of benzene rings is 2. The van der Waals surface area contributed by atoms with Crippen molar-refractivity contribution >= 4 is 32.6 Å². The van der Waals surface area contributed by atoms with Crippen molar-refractivity contribution in [2.75, 3.05) is 12.3 Å². The first-order valence-corrected chi connectivity index (χ1v) is 10.4.